The van der Waals surface area contributed by atoms with Crippen molar-refractivity contribution in [2.75, 3.05) is 0 Å². The summed E-state index contributed by atoms with van der Waals surface area (Å²) in [7, 11) is 0. The topological polar surface area (TPSA) is 83.8 Å². The summed E-state index contributed by atoms with van der Waals surface area (Å²) in [6.07, 6.45) is 13.9. The Hall–Kier alpha value is -3.60. The standard InChI is InChI=1S/C37H44O5/c38-36(39)16-4-2-1-3-9-28(33-14-8-13-31-24-32(37(40)41)21-22-34(31)33)19-20-29-10-5-6-15-35(29)42-25-26-17-18-27-11-7-12-30(27)23-26/h5-6,10,15,17-18,21-24,28,33H,1-4,7-9,11-14,16,19-20,25H2,(H,38,39)(H,40,41)/t28-,33-/m0/s1. The van der Waals surface area contributed by atoms with E-state index in [0.717, 1.165) is 70.0 Å². The van der Waals surface area contributed by atoms with Gasteiger partial charge in [-0.3, -0.25) is 4.79 Å². The number of aryl methyl sites for hydroxylation is 4. The van der Waals surface area contributed by atoms with Gasteiger partial charge in [0.15, 0.2) is 0 Å². The lowest BCUT2D eigenvalue weighted by Gasteiger charge is -2.33. The van der Waals surface area contributed by atoms with Gasteiger partial charge in [0.25, 0.3) is 0 Å². The number of rotatable bonds is 15. The van der Waals surface area contributed by atoms with Crippen molar-refractivity contribution in [2.45, 2.75) is 102 Å². The van der Waals surface area contributed by atoms with Gasteiger partial charge in [-0.25, -0.2) is 4.79 Å². The number of aromatic carboxylic acids is 1. The van der Waals surface area contributed by atoms with Crippen molar-refractivity contribution >= 4 is 11.9 Å². The lowest BCUT2D eigenvalue weighted by molar-refractivity contribution is -0.137. The molecule has 0 amide bonds. The largest absolute Gasteiger partial charge is 0.489 e. The molecule has 5 heteroatoms. The minimum absolute atomic E-state index is 0.244. The number of fused-ring (bicyclic) bond motifs is 2. The highest BCUT2D eigenvalue weighted by Gasteiger charge is 2.28. The van der Waals surface area contributed by atoms with Crippen molar-refractivity contribution in [3.63, 3.8) is 0 Å². The van der Waals surface area contributed by atoms with Gasteiger partial charge in [0, 0.05) is 6.42 Å². The fourth-order valence-corrected chi connectivity index (χ4v) is 7.13. The minimum Gasteiger partial charge on any atom is -0.489 e. The Balaban J connectivity index is 1.27. The summed E-state index contributed by atoms with van der Waals surface area (Å²) < 4.78 is 6.39. The number of carboxylic acids is 2. The average Bonchev–Trinajstić information content (AvgIpc) is 3.47. The first-order chi connectivity index (χ1) is 20.5. The van der Waals surface area contributed by atoms with Gasteiger partial charge in [-0.2, -0.15) is 0 Å². The van der Waals surface area contributed by atoms with Gasteiger partial charge in [-0.1, -0.05) is 61.7 Å². The highest BCUT2D eigenvalue weighted by molar-refractivity contribution is 5.88. The number of hydrogen-bond donors (Lipinski definition) is 2. The van der Waals surface area contributed by atoms with E-state index >= 15 is 0 Å². The molecule has 3 aromatic carbocycles. The lowest BCUT2D eigenvalue weighted by Crippen LogP contribution is -2.20. The van der Waals surface area contributed by atoms with E-state index in [0.29, 0.717) is 24.0 Å². The summed E-state index contributed by atoms with van der Waals surface area (Å²) in [6.45, 7) is 0.575. The van der Waals surface area contributed by atoms with Crippen molar-refractivity contribution in [3.05, 3.63) is 99.6 Å². The Morgan fingerprint density at radius 1 is 0.810 bits per heavy atom. The Morgan fingerprint density at radius 3 is 2.48 bits per heavy atom. The molecule has 2 aliphatic carbocycles. The molecule has 0 unspecified atom stereocenters. The van der Waals surface area contributed by atoms with Crippen LogP contribution in [0.25, 0.3) is 0 Å². The molecule has 0 radical (unpaired) electrons. The Bertz CT molecular complexity index is 1380. The molecule has 2 N–H and O–H groups in total. The van der Waals surface area contributed by atoms with Crippen LogP contribution in [-0.2, 0) is 37.1 Å². The Morgan fingerprint density at radius 2 is 1.62 bits per heavy atom. The van der Waals surface area contributed by atoms with E-state index in [1.54, 1.807) is 6.07 Å². The van der Waals surface area contributed by atoms with Crippen molar-refractivity contribution in [3.8, 4) is 5.75 Å². The molecule has 0 saturated carbocycles. The molecular formula is C37H44O5. The second-order valence-electron chi connectivity index (χ2n) is 12.2. The van der Waals surface area contributed by atoms with Crippen LogP contribution in [-0.4, -0.2) is 22.2 Å². The van der Waals surface area contributed by atoms with E-state index in [1.165, 1.54) is 52.6 Å². The molecule has 0 spiro atoms. The van der Waals surface area contributed by atoms with E-state index < -0.39 is 11.9 Å². The predicted octanol–water partition coefficient (Wildman–Crippen LogP) is 8.55. The molecule has 5 nitrogen and oxygen atoms in total. The van der Waals surface area contributed by atoms with E-state index in [1.807, 2.05) is 12.1 Å². The van der Waals surface area contributed by atoms with Gasteiger partial charge >= 0.3 is 11.9 Å². The SMILES string of the molecule is O=C(O)CCCCCC[C@@H](CCc1ccccc1OCc1ccc2c(c1)CCC2)[C@@H]1CCCc2cc(C(=O)O)ccc21. The number of carboxylic acid groups (broad SMARTS) is 2. The zero-order chi connectivity index (χ0) is 29.3. The second-order valence-corrected chi connectivity index (χ2v) is 12.2. The summed E-state index contributed by atoms with van der Waals surface area (Å²) in [5.74, 6) is 0.262. The first-order valence-corrected chi connectivity index (χ1v) is 15.9. The van der Waals surface area contributed by atoms with Crippen LogP contribution in [0.1, 0.15) is 114 Å². The van der Waals surface area contributed by atoms with Crippen LogP contribution in [0.2, 0.25) is 0 Å². The number of ether oxygens (including phenoxy) is 1. The van der Waals surface area contributed by atoms with E-state index in [2.05, 4.69) is 42.5 Å². The van der Waals surface area contributed by atoms with Gasteiger partial charge in [-0.05, 0) is 128 Å². The minimum atomic E-state index is -0.866. The van der Waals surface area contributed by atoms with Crippen molar-refractivity contribution < 1.29 is 24.5 Å². The number of hydrogen-bond acceptors (Lipinski definition) is 3. The van der Waals surface area contributed by atoms with Crippen molar-refractivity contribution in [1.82, 2.24) is 0 Å². The van der Waals surface area contributed by atoms with Crippen LogP contribution < -0.4 is 4.74 Å². The molecule has 2 atom stereocenters. The summed E-state index contributed by atoms with van der Waals surface area (Å²) in [5, 5.41) is 18.5. The highest BCUT2D eigenvalue weighted by atomic mass is 16.5. The summed E-state index contributed by atoms with van der Waals surface area (Å²) in [4.78, 5) is 22.5. The molecule has 0 bridgehead atoms. The van der Waals surface area contributed by atoms with Gasteiger partial charge in [-0.15, -0.1) is 0 Å². The first kappa shape index (κ1) is 29.9. The monoisotopic (exact) mass is 568 g/mol. The van der Waals surface area contributed by atoms with Crippen molar-refractivity contribution in [1.29, 1.82) is 0 Å². The van der Waals surface area contributed by atoms with E-state index in [4.69, 9.17) is 9.84 Å². The summed E-state index contributed by atoms with van der Waals surface area (Å²) >= 11 is 0. The summed E-state index contributed by atoms with van der Waals surface area (Å²) in [5.41, 5.74) is 8.31. The maximum atomic E-state index is 11.6. The molecule has 3 aromatic rings. The maximum Gasteiger partial charge on any atom is 0.335 e. The quantitative estimate of drug-likeness (QED) is 0.180. The Labute approximate surface area is 249 Å². The smallest absolute Gasteiger partial charge is 0.335 e. The molecule has 222 valence electrons. The zero-order valence-corrected chi connectivity index (χ0v) is 24.7. The molecule has 5 rings (SSSR count). The molecule has 0 saturated heterocycles. The lowest BCUT2D eigenvalue weighted by atomic mass is 9.72. The molecule has 0 aromatic heterocycles. The van der Waals surface area contributed by atoms with Gasteiger partial charge in [0.2, 0.25) is 0 Å². The van der Waals surface area contributed by atoms with Crippen LogP contribution in [0.4, 0.5) is 0 Å². The molecule has 0 aliphatic heterocycles. The molecule has 2 aliphatic rings. The molecule has 0 heterocycles. The fraction of sp³-hybridized carbons (Fsp3) is 0.459. The average molecular weight is 569 g/mol. The first-order valence-electron chi connectivity index (χ1n) is 15.9. The predicted molar refractivity (Wildman–Crippen MR) is 165 cm³/mol. The van der Waals surface area contributed by atoms with Crippen molar-refractivity contribution in [2.24, 2.45) is 5.92 Å². The number of para-hydroxylation sites is 1. The number of unbranched alkanes of at least 4 members (excludes halogenated alkanes) is 3. The third-order valence-electron chi connectivity index (χ3n) is 9.35. The second kappa shape index (κ2) is 14.5. The Kier molecular flexibility index (Phi) is 10.3. The van der Waals surface area contributed by atoms with Gasteiger partial charge < -0.3 is 14.9 Å². The van der Waals surface area contributed by atoms with E-state index in [-0.39, 0.29) is 6.42 Å². The molecular weight excluding hydrogens is 524 g/mol. The molecule has 42 heavy (non-hydrogen) atoms. The number of benzene rings is 3. The van der Waals surface area contributed by atoms with Crippen LogP contribution in [0.15, 0.2) is 60.7 Å². The number of aliphatic carboxylic acids is 1. The maximum absolute atomic E-state index is 11.6. The zero-order valence-electron chi connectivity index (χ0n) is 24.7. The molecule has 0 fully saturated rings. The third-order valence-corrected chi connectivity index (χ3v) is 9.35. The van der Waals surface area contributed by atoms with Crippen LogP contribution in [0.3, 0.4) is 0 Å². The van der Waals surface area contributed by atoms with Gasteiger partial charge in [0.05, 0.1) is 5.56 Å². The fourth-order valence-electron chi connectivity index (χ4n) is 7.13. The van der Waals surface area contributed by atoms with Crippen LogP contribution >= 0.6 is 0 Å². The highest BCUT2D eigenvalue weighted by Crippen LogP contribution is 2.42. The summed E-state index contributed by atoms with van der Waals surface area (Å²) in [6, 6.07) is 20.9. The normalized spacial score (nSPS) is 16.4. The third kappa shape index (κ3) is 7.81. The van der Waals surface area contributed by atoms with Crippen LogP contribution in [0.5, 0.6) is 5.75 Å². The number of carbonyl (C=O) groups is 2. The van der Waals surface area contributed by atoms with Crippen LogP contribution in [0, 0.1) is 5.92 Å². The van der Waals surface area contributed by atoms with E-state index in [9.17, 15) is 14.7 Å². The van der Waals surface area contributed by atoms with Gasteiger partial charge in [0.1, 0.15) is 12.4 Å².